The summed E-state index contributed by atoms with van der Waals surface area (Å²) in [4.78, 5) is 24.8. The first-order chi connectivity index (χ1) is 12.1. The van der Waals surface area contributed by atoms with Crippen LogP contribution in [-0.4, -0.2) is 31.1 Å². The van der Waals surface area contributed by atoms with E-state index in [-0.39, 0.29) is 11.8 Å². The summed E-state index contributed by atoms with van der Waals surface area (Å²) in [5.74, 6) is 0.500. The molecule has 1 aliphatic rings. The molecule has 0 saturated heterocycles. The maximum atomic E-state index is 12.4. The SMILES string of the molecule is Cc1ccccc1C(=O)NC(C)C(=O)Nc1cccc2c1OCCO2. The molecule has 6 heteroatoms. The third-order valence-corrected chi connectivity index (χ3v) is 3.95. The smallest absolute Gasteiger partial charge is 0.252 e. The lowest BCUT2D eigenvalue weighted by molar-refractivity contribution is -0.117. The molecule has 0 fully saturated rings. The predicted molar refractivity (Wildman–Crippen MR) is 94.2 cm³/mol. The topological polar surface area (TPSA) is 76.7 Å². The molecule has 2 amide bonds. The van der Waals surface area contributed by atoms with Gasteiger partial charge >= 0.3 is 0 Å². The lowest BCUT2D eigenvalue weighted by atomic mass is 10.1. The third-order valence-electron chi connectivity index (χ3n) is 3.95. The fraction of sp³-hybridized carbons (Fsp3) is 0.263. The van der Waals surface area contributed by atoms with Crippen molar-refractivity contribution in [3.8, 4) is 11.5 Å². The highest BCUT2D eigenvalue weighted by Gasteiger charge is 2.21. The van der Waals surface area contributed by atoms with Gasteiger partial charge in [-0.3, -0.25) is 9.59 Å². The average Bonchev–Trinajstić information content (AvgIpc) is 2.62. The molecular formula is C19H20N2O4. The van der Waals surface area contributed by atoms with Gasteiger partial charge in [-0.15, -0.1) is 0 Å². The Hall–Kier alpha value is -3.02. The van der Waals surface area contributed by atoms with Crippen LogP contribution < -0.4 is 20.1 Å². The minimum Gasteiger partial charge on any atom is -0.486 e. The zero-order valence-corrected chi connectivity index (χ0v) is 14.2. The third kappa shape index (κ3) is 3.74. The number of amides is 2. The molecule has 1 aliphatic heterocycles. The van der Waals surface area contributed by atoms with Crippen molar-refractivity contribution in [1.29, 1.82) is 0 Å². The molecule has 0 radical (unpaired) electrons. The monoisotopic (exact) mass is 340 g/mol. The fourth-order valence-electron chi connectivity index (χ4n) is 2.58. The Kier molecular flexibility index (Phi) is 4.88. The predicted octanol–water partition coefficient (Wildman–Crippen LogP) is 2.52. The van der Waals surface area contributed by atoms with Crippen molar-refractivity contribution in [3.63, 3.8) is 0 Å². The maximum absolute atomic E-state index is 12.4. The van der Waals surface area contributed by atoms with Crippen LogP contribution >= 0.6 is 0 Å². The molecule has 1 heterocycles. The fourth-order valence-corrected chi connectivity index (χ4v) is 2.58. The number of ether oxygens (including phenoxy) is 2. The molecule has 0 bridgehead atoms. The first-order valence-electron chi connectivity index (χ1n) is 8.12. The van der Waals surface area contributed by atoms with Crippen LogP contribution in [0.2, 0.25) is 0 Å². The standard InChI is InChI=1S/C19H20N2O4/c1-12-6-3-4-7-14(12)19(23)20-13(2)18(22)21-15-8-5-9-16-17(15)25-11-10-24-16/h3-9,13H,10-11H2,1-2H3,(H,20,23)(H,21,22). The van der Waals surface area contributed by atoms with Gasteiger partial charge in [0, 0.05) is 5.56 Å². The number of hydrogen-bond donors (Lipinski definition) is 2. The quantitative estimate of drug-likeness (QED) is 0.897. The number of hydrogen-bond acceptors (Lipinski definition) is 4. The average molecular weight is 340 g/mol. The van der Waals surface area contributed by atoms with Crippen LogP contribution in [0.15, 0.2) is 42.5 Å². The lowest BCUT2D eigenvalue weighted by Crippen LogP contribution is -2.41. The number of anilines is 1. The number of rotatable bonds is 4. The van der Waals surface area contributed by atoms with Crippen molar-refractivity contribution in [2.75, 3.05) is 18.5 Å². The minimum absolute atomic E-state index is 0.282. The van der Waals surface area contributed by atoms with Gasteiger partial charge in [-0.25, -0.2) is 0 Å². The minimum atomic E-state index is -0.701. The van der Waals surface area contributed by atoms with Crippen molar-refractivity contribution in [3.05, 3.63) is 53.6 Å². The van der Waals surface area contributed by atoms with Crippen LogP contribution in [-0.2, 0) is 4.79 Å². The van der Waals surface area contributed by atoms with Crippen molar-refractivity contribution in [2.24, 2.45) is 0 Å². The molecule has 2 aromatic rings. The summed E-state index contributed by atoms with van der Waals surface area (Å²) in [6, 6.07) is 11.8. The van der Waals surface area contributed by atoms with Gasteiger partial charge in [-0.1, -0.05) is 24.3 Å². The Labute approximate surface area is 146 Å². The molecule has 2 aromatic carbocycles. The molecule has 6 nitrogen and oxygen atoms in total. The normalized spacial score (nSPS) is 13.7. The molecule has 0 aliphatic carbocycles. The highest BCUT2D eigenvalue weighted by Crippen LogP contribution is 2.37. The van der Waals surface area contributed by atoms with Gasteiger partial charge < -0.3 is 20.1 Å². The number of nitrogens with one attached hydrogen (secondary N) is 2. The Morgan fingerprint density at radius 1 is 1.04 bits per heavy atom. The van der Waals surface area contributed by atoms with Crippen LogP contribution in [0, 0.1) is 6.92 Å². The summed E-state index contributed by atoms with van der Waals surface area (Å²) in [5.41, 5.74) is 1.94. The molecule has 0 saturated carbocycles. The molecule has 2 N–H and O–H groups in total. The van der Waals surface area contributed by atoms with Gasteiger partial charge in [0.15, 0.2) is 11.5 Å². The van der Waals surface area contributed by atoms with Crippen LogP contribution in [0.25, 0.3) is 0 Å². The highest BCUT2D eigenvalue weighted by atomic mass is 16.6. The largest absolute Gasteiger partial charge is 0.486 e. The summed E-state index contributed by atoms with van der Waals surface area (Å²) >= 11 is 0. The van der Waals surface area contributed by atoms with Gasteiger partial charge in [0.2, 0.25) is 5.91 Å². The van der Waals surface area contributed by atoms with Crippen LogP contribution in [0.5, 0.6) is 11.5 Å². The molecule has 25 heavy (non-hydrogen) atoms. The summed E-state index contributed by atoms with van der Waals surface area (Å²) in [5, 5.41) is 5.50. The molecule has 3 rings (SSSR count). The van der Waals surface area contributed by atoms with E-state index in [1.54, 1.807) is 37.3 Å². The van der Waals surface area contributed by atoms with Crippen molar-refractivity contribution < 1.29 is 19.1 Å². The summed E-state index contributed by atoms with van der Waals surface area (Å²) in [6.45, 7) is 4.40. The second kappa shape index (κ2) is 7.25. The number of aryl methyl sites for hydroxylation is 1. The van der Waals surface area contributed by atoms with E-state index in [2.05, 4.69) is 10.6 Å². The van der Waals surface area contributed by atoms with Crippen LogP contribution in [0.1, 0.15) is 22.8 Å². The lowest BCUT2D eigenvalue weighted by Gasteiger charge is -2.22. The molecule has 1 atom stereocenters. The zero-order valence-electron chi connectivity index (χ0n) is 14.2. The van der Waals surface area contributed by atoms with Gasteiger partial charge in [0.1, 0.15) is 19.3 Å². The van der Waals surface area contributed by atoms with E-state index in [1.807, 2.05) is 19.1 Å². The Bertz CT molecular complexity index is 804. The van der Waals surface area contributed by atoms with Crippen molar-refractivity contribution in [2.45, 2.75) is 19.9 Å². The number of carbonyl (C=O) groups is 2. The molecule has 0 aromatic heterocycles. The van der Waals surface area contributed by atoms with E-state index in [1.165, 1.54) is 0 Å². The summed E-state index contributed by atoms with van der Waals surface area (Å²) < 4.78 is 11.1. The maximum Gasteiger partial charge on any atom is 0.252 e. The molecule has 0 spiro atoms. The number of fused-ring (bicyclic) bond motifs is 1. The second-order valence-corrected chi connectivity index (χ2v) is 5.83. The van der Waals surface area contributed by atoms with Crippen LogP contribution in [0.4, 0.5) is 5.69 Å². The van der Waals surface area contributed by atoms with Crippen LogP contribution in [0.3, 0.4) is 0 Å². The Balaban J connectivity index is 1.67. The summed E-state index contributed by atoms with van der Waals surface area (Å²) in [7, 11) is 0. The number of carbonyl (C=O) groups excluding carboxylic acids is 2. The van der Waals surface area contributed by atoms with E-state index in [4.69, 9.17) is 9.47 Å². The van der Waals surface area contributed by atoms with Crippen molar-refractivity contribution in [1.82, 2.24) is 5.32 Å². The first-order valence-corrected chi connectivity index (χ1v) is 8.12. The van der Waals surface area contributed by atoms with Gasteiger partial charge in [0.05, 0.1) is 5.69 Å². The van der Waals surface area contributed by atoms with E-state index in [0.29, 0.717) is 36.0 Å². The second-order valence-electron chi connectivity index (χ2n) is 5.83. The molecule has 1 unspecified atom stereocenters. The first kappa shape index (κ1) is 16.8. The Morgan fingerprint density at radius 3 is 2.60 bits per heavy atom. The van der Waals surface area contributed by atoms with E-state index in [0.717, 1.165) is 5.56 Å². The summed E-state index contributed by atoms with van der Waals surface area (Å²) in [6.07, 6.45) is 0. The van der Waals surface area contributed by atoms with Gasteiger partial charge in [-0.2, -0.15) is 0 Å². The van der Waals surface area contributed by atoms with Gasteiger partial charge in [0.25, 0.3) is 5.91 Å². The van der Waals surface area contributed by atoms with E-state index < -0.39 is 6.04 Å². The van der Waals surface area contributed by atoms with Gasteiger partial charge in [-0.05, 0) is 37.6 Å². The van der Waals surface area contributed by atoms with E-state index >= 15 is 0 Å². The van der Waals surface area contributed by atoms with Crippen molar-refractivity contribution >= 4 is 17.5 Å². The number of para-hydroxylation sites is 1. The molecule has 130 valence electrons. The molecular weight excluding hydrogens is 320 g/mol. The Morgan fingerprint density at radius 2 is 1.80 bits per heavy atom. The zero-order chi connectivity index (χ0) is 17.8. The highest BCUT2D eigenvalue weighted by molar-refractivity contribution is 6.02. The van der Waals surface area contributed by atoms with E-state index in [9.17, 15) is 9.59 Å². The number of benzene rings is 2.